The highest BCUT2D eigenvalue weighted by molar-refractivity contribution is 7.14. The molecule has 116 valence electrons. The number of hydrogen-bond donors (Lipinski definition) is 1. The van der Waals surface area contributed by atoms with E-state index in [0.29, 0.717) is 13.0 Å². The Morgan fingerprint density at radius 1 is 1.36 bits per heavy atom. The Bertz CT molecular complexity index is 627. The summed E-state index contributed by atoms with van der Waals surface area (Å²) in [6.45, 7) is 4.17. The molecule has 0 unspecified atom stereocenters. The molecule has 0 amide bonds. The Morgan fingerprint density at radius 2 is 2.18 bits per heavy atom. The molecule has 0 saturated heterocycles. The van der Waals surface area contributed by atoms with Crippen LogP contribution in [0, 0.1) is 0 Å². The third-order valence-electron chi connectivity index (χ3n) is 3.75. The van der Waals surface area contributed by atoms with Crippen molar-refractivity contribution in [1.82, 2.24) is 5.32 Å². The maximum absolute atomic E-state index is 11.8. The molecule has 0 aliphatic carbocycles. The first-order valence-corrected chi connectivity index (χ1v) is 8.42. The first-order valence-electron chi connectivity index (χ1n) is 7.54. The number of thiophene rings is 1. The van der Waals surface area contributed by atoms with Crippen molar-refractivity contribution in [2.45, 2.75) is 26.0 Å². The lowest BCUT2D eigenvalue weighted by Gasteiger charge is -2.32. The summed E-state index contributed by atoms with van der Waals surface area (Å²) < 4.78 is 5.68. The summed E-state index contributed by atoms with van der Waals surface area (Å²) in [6.07, 6.45) is 0.148. The molecule has 0 saturated carbocycles. The number of rotatable bonds is 5. The van der Waals surface area contributed by atoms with Crippen molar-refractivity contribution in [2.75, 3.05) is 18.1 Å². The van der Waals surface area contributed by atoms with Crippen LogP contribution in [0.15, 0.2) is 41.8 Å². The van der Waals surface area contributed by atoms with Gasteiger partial charge in [-0.3, -0.25) is 10.1 Å². The molecule has 1 aliphatic heterocycles. The van der Waals surface area contributed by atoms with Gasteiger partial charge in [-0.15, -0.1) is 11.3 Å². The Hall–Kier alpha value is -1.85. The van der Waals surface area contributed by atoms with Gasteiger partial charge in [0.2, 0.25) is 0 Å². The quantitative estimate of drug-likeness (QED) is 0.859. The lowest BCUT2D eigenvalue weighted by molar-refractivity contribution is -0.148. The topological polar surface area (TPSA) is 41.6 Å². The fraction of sp³-hybridized carbons (Fsp3) is 0.353. The van der Waals surface area contributed by atoms with E-state index in [1.807, 2.05) is 37.3 Å². The summed E-state index contributed by atoms with van der Waals surface area (Å²) in [5, 5.41) is 6.78. The molecule has 22 heavy (non-hydrogen) atoms. The van der Waals surface area contributed by atoms with Gasteiger partial charge in [0.15, 0.2) is 0 Å². The number of anilines is 1. The molecular formula is C17H20N2O2S. The van der Waals surface area contributed by atoms with E-state index in [4.69, 9.17) is 4.74 Å². The van der Waals surface area contributed by atoms with E-state index in [2.05, 4.69) is 21.7 Å². The molecule has 0 spiro atoms. The molecular weight excluding hydrogens is 296 g/mol. The second-order valence-electron chi connectivity index (χ2n) is 5.30. The highest BCUT2D eigenvalue weighted by Gasteiger charge is 2.24. The highest BCUT2D eigenvalue weighted by Crippen LogP contribution is 2.32. The summed E-state index contributed by atoms with van der Waals surface area (Å²) in [6, 6.07) is 12.1. The van der Waals surface area contributed by atoms with Gasteiger partial charge >= 0.3 is 5.97 Å². The van der Waals surface area contributed by atoms with Crippen molar-refractivity contribution in [1.29, 1.82) is 0 Å². The van der Waals surface area contributed by atoms with E-state index in [1.54, 1.807) is 11.3 Å². The predicted octanol–water partition coefficient (Wildman–Crippen LogP) is 3.31. The van der Waals surface area contributed by atoms with Crippen LogP contribution in [0.4, 0.5) is 5.00 Å². The summed E-state index contributed by atoms with van der Waals surface area (Å²) in [5.41, 5.74) is 2.35. The number of nitrogens with one attached hydrogen (secondary N) is 1. The van der Waals surface area contributed by atoms with Crippen LogP contribution in [0.3, 0.4) is 0 Å². The van der Waals surface area contributed by atoms with Crippen LogP contribution in [0.2, 0.25) is 0 Å². The number of ether oxygens (including phenoxy) is 1. The molecule has 0 fully saturated rings. The third kappa shape index (κ3) is 3.31. The second-order valence-corrected chi connectivity index (χ2v) is 6.20. The number of fused-ring (bicyclic) bond motifs is 1. The van der Waals surface area contributed by atoms with Gasteiger partial charge in [-0.1, -0.05) is 37.3 Å². The second kappa shape index (κ2) is 6.94. The monoisotopic (exact) mass is 316 g/mol. The van der Waals surface area contributed by atoms with Crippen LogP contribution in [0.25, 0.3) is 0 Å². The number of hydrogen-bond acceptors (Lipinski definition) is 5. The van der Waals surface area contributed by atoms with E-state index in [-0.39, 0.29) is 12.1 Å². The largest absolute Gasteiger partial charge is 0.456 e. The number of benzene rings is 1. The maximum atomic E-state index is 11.8. The predicted molar refractivity (Wildman–Crippen MR) is 88.9 cm³/mol. The molecule has 1 aliphatic rings. The van der Waals surface area contributed by atoms with E-state index in [9.17, 15) is 4.79 Å². The fourth-order valence-corrected chi connectivity index (χ4v) is 3.55. The minimum atomic E-state index is -0.247. The maximum Gasteiger partial charge on any atom is 0.306 e. The van der Waals surface area contributed by atoms with Gasteiger partial charge in [0.05, 0.1) is 18.2 Å². The first kappa shape index (κ1) is 15.1. The van der Waals surface area contributed by atoms with Crippen molar-refractivity contribution in [2.24, 2.45) is 0 Å². The van der Waals surface area contributed by atoms with Crippen LogP contribution in [-0.2, 0) is 16.1 Å². The van der Waals surface area contributed by atoms with E-state index in [0.717, 1.165) is 18.8 Å². The fourth-order valence-electron chi connectivity index (χ4n) is 2.61. The molecule has 1 aromatic heterocycles. The molecule has 0 radical (unpaired) electrons. The van der Waals surface area contributed by atoms with Crippen LogP contribution < -0.4 is 10.2 Å². The zero-order chi connectivity index (χ0) is 15.4. The van der Waals surface area contributed by atoms with E-state index >= 15 is 0 Å². The normalized spacial score (nSPS) is 15.2. The molecule has 4 nitrogen and oxygen atoms in total. The van der Waals surface area contributed by atoms with Crippen molar-refractivity contribution in [3.63, 3.8) is 0 Å². The van der Waals surface area contributed by atoms with Crippen LogP contribution in [0.5, 0.6) is 0 Å². The first-order chi connectivity index (χ1) is 10.8. The molecule has 5 heteroatoms. The minimum Gasteiger partial charge on any atom is -0.456 e. The van der Waals surface area contributed by atoms with Gasteiger partial charge in [0.1, 0.15) is 6.10 Å². The Morgan fingerprint density at radius 3 is 2.95 bits per heavy atom. The molecule has 1 aromatic carbocycles. The van der Waals surface area contributed by atoms with Crippen molar-refractivity contribution < 1.29 is 9.53 Å². The SMILES string of the molecule is CCC(=O)O[C@H](CN1CNCc2ccsc21)c1ccccc1. The molecule has 1 N–H and O–H groups in total. The lowest BCUT2D eigenvalue weighted by Crippen LogP contribution is -2.41. The van der Waals surface area contributed by atoms with Crippen LogP contribution in [-0.4, -0.2) is 19.2 Å². The minimum absolute atomic E-state index is 0.162. The van der Waals surface area contributed by atoms with Gasteiger partial charge in [0.25, 0.3) is 0 Å². The number of nitrogens with zero attached hydrogens (tertiary/aromatic N) is 1. The van der Waals surface area contributed by atoms with Crippen LogP contribution in [0.1, 0.15) is 30.6 Å². The third-order valence-corrected chi connectivity index (χ3v) is 4.76. The van der Waals surface area contributed by atoms with Crippen molar-refractivity contribution in [3.05, 3.63) is 52.9 Å². The molecule has 0 bridgehead atoms. The number of carbonyl (C=O) groups excluding carboxylic acids is 1. The van der Waals surface area contributed by atoms with Gasteiger partial charge in [-0.25, -0.2) is 0 Å². The van der Waals surface area contributed by atoms with E-state index in [1.165, 1.54) is 10.6 Å². The summed E-state index contributed by atoms with van der Waals surface area (Å²) in [5.74, 6) is -0.162. The standard InChI is InChI=1S/C17H20N2O2S/c1-2-16(20)21-15(13-6-4-3-5-7-13)11-19-12-18-10-14-8-9-22-17(14)19/h3-9,15,18H,2,10-12H2,1H3/t15-/m1/s1. The van der Waals surface area contributed by atoms with Gasteiger partial charge in [-0.05, 0) is 17.0 Å². The Labute approximate surface area is 134 Å². The summed E-state index contributed by atoms with van der Waals surface area (Å²) >= 11 is 1.74. The molecule has 3 rings (SSSR count). The molecule has 1 atom stereocenters. The van der Waals surface area contributed by atoms with Crippen molar-refractivity contribution >= 4 is 22.3 Å². The number of carbonyl (C=O) groups is 1. The zero-order valence-corrected chi connectivity index (χ0v) is 13.4. The van der Waals surface area contributed by atoms with Gasteiger partial charge in [0, 0.05) is 18.5 Å². The van der Waals surface area contributed by atoms with Gasteiger partial charge in [-0.2, -0.15) is 0 Å². The Balaban J connectivity index is 1.80. The average molecular weight is 316 g/mol. The molecule has 2 aromatic rings. The lowest BCUT2D eigenvalue weighted by atomic mass is 10.1. The van der Waals surface area contributed by atoms with Crippen LogP contribution >= 0.6 is 11.3 Å². The molecule has 2 heterocycles. The van der Waals surface area contributed by atoms with E-state index < -0.39 is 0 Å². The zero-order valence-electron chi connectivity index (χ0n) is 12.6. The number of esters is 1. The Kier molecular flexibility index (Phi) is 4.75. The van der Waals surface area contributed by atoms with Crippen molar-refractivity contribution in [3.8, 4) is 0 Å². The smallest absolute Gasteiger partial charge is 0.306 e. The summed E-state index contributed by atoms with van der Waals surface area (Å²) in [4.78, 5) is 14.0. The highest BCUT2D eigenvalue weighted by atomic mass is 32.1. The van der Waals surface area contributed by atoms with Gasteiger partial charge < -0.3 is 9.64 Å². The summed E-state index contributed by atoms with van der Waals surface area (Å²) in [7, 11) is 0. The average Bonchev–Trinajstić information content (AvgIpc) is 3.04.